The lowest BCUT2D eigenvalue weighted by atomic mass is 10.1. The van der Waals surface area contributed by atoms with Gasteiger partial charge in [-0.25, -0.2) is 14.8 Å². The molecule has 0 spiro atoms. The molecule has 0 radical (unpaired) electrons. The standard InChI is InChI=1S/C17H28N4O2/c1-6-12(2)14-9-15(19-11-18-14)21-8-7-13(10-21)20-16(22)23-17(3,4)5/h9,11-13H,6-8,10H2,1-5H3,(H,20,22). The minimum absolute atomic E-state index is 0.0897. The molecule has 1 aliphatic heterocycles. The first-order valence-corrected chi connectivity index (χ1v) is 8.35. The van der Waals surface area contributed by atoms with Crippen molar-refractivity contribution in [1.82, 2.24) is 15.3 Å². The number of aromatic nitrogens is 2. The minimum atomic E-state index is -0.472. The Morgan fingerprint density at radius 1 is 1.48 bits per heavy atom. The van der Waals surface area contributed by atoms with Crippen molar-refractivity contribution in [2.24, 2.45) is 0 Å². The number of alkyl carbamates (subject to hydrolysis) is 1. The molecule has 0 aromatic carbocycles. The summed E-state index contributed by atoms with van der Waals surface area (Å²) in [6.07, 6.45) is 3.22. The van der Waals surface area contributed by atoms with Gasteiger partial charge in [0.2, 0.25) is 0 Å². The summed E-state index contributed by atoms with van der Waals surface area (Å²) in [6.45, 7) is 11.5. The van der Waals surface area contributed by atoms with E-state index in [1.54, 1.807) is 6.33 Å². The van der Waals surface area contributed by atoms with Gasteiger partial charge in [0.1, 0.15) is 17.7 Å². The van der Waals surface area contributed by atoms with Crippen LogP contribution in [0.1, 0.15) is 59.1 Å². The maximum absolute atomic E-state index is 11.9. The minimum Gasteiger partial charge on any atom is -0.444 e. The Kier molecular flexibility index (Phi) is 5.44. The number of amides is 1. The van der Waals surface area contributed by atoms with E-state index in [0.717, 1.165) is 37.4 Å². The van der Waals surface area contributed by atoms with Crippen molar-refractivity contribution in [2.75, 3.05) is 18.0 Å². The summed E-state index contributed by atoms with van der Waals surface area (Å²) >= 11 is 0. The van der Waals surface area contributed by atoms with E-state index in [-0.39, 0.29) is 12.1 Å². The molecule has 23 heavy (non-hydrogen) atoms. The number of hydrogen-bond acceptors (Lipinski definition) is 5. The van der Waals surface area contributed by atoms with Crippen molar-refractivity contribution in [2.45, 2.75) is 65.0 Å². The second-order valence-corrected chi connectivity index (χ2v) is 7.19. The van der Waals surface area contributed by atoms with Gasteiger partial charge >= 0.3 is 6.09 Å². The summed E-state index contributed by atoms with van der Waals surface area (Å²) in [6, 6.07) is 2.15. The van der Waals surface area contributed by atoms with Crippen molar-refractivity contribution in [3.63, 3.8) is 0 Å². The molecule has 0 saturated carbocycles. The topological polar surface area (TPSA) is 67.4 Å². The molecule has 1 N–H and O–H groups in total. The monoisotopic (exact) mass is 320 g/mol. The van der Waals surface area contributed by atoms with E-state index in [1.807, 2.05) is 20.8 Å². The fourth-order valence-electron chi connectivity index (χ4n) is 2.57. The second-order valence-electron chi connectivity index (χ2n) is 7.19. The van der Waals surface area contributed by atoms with Gasteiger partial charge in [0.05, 0.1) is 6.04 Å². The quantitative estimate of drug-likeness (QED) is 0.923. The third-order valence-corrected chi connectivity index (χ3v) is 4.02. The van der Waals surface area contributed by atoms with Gasteiger partial charge in [0.15, 0.2) is 0 Å². The van der Waals surface area contributed by atoms with Gasteiger partial charge in [0, 0.05) is 24.8 Å². The first kappa shape index (κ1) is 17.5. The Labute approximate surface area is 138 Å². The average molecular weight is 320 g/mol. The summed E-state index contributed by atoms with van der Waals surface area (Å²) in [5, 5.41) is 2.94. The zero-order valence-corrected chi connectivity index (χ0v) is 14.8. The van der Waals surface area contributed by atoms with Crippen LogP contribution >= 0.6 is 0 Å². The molecular formula is C17H28N4O2. The molecule has 1 aromatic rings. The molecule has 6 nitrogen and oxygen atoms in total. The van der Waals surface area contributed by atoms with E-state index in [1.165, 1.54) is 0 Å². The summed E-state index contributed by atoms with van der Waals surface area (Å²) in [4.78, 5) is 22.8. The lowest BCUT2D eigenvalue weighted by Gasteiger charge is -2.22. The highest BCUT2D eigenvalue weighted by Crippen LogP contribution is 2.23. The van der Waals surface area contributed by atoms with Gasteiger partial charge in [-0.05, 0) is 39.5 Å². The van der Waals surface area contributed by atoms with Crippen LogP contribution in [0.15, 0.2) is 12.4 Å². The van der Waals surface area contributed by atoms with E-state index >= 15 is 0 Å². The number of hydrogen-bond donors (Lipinski definition) is 1. The highest BCUT2D eigenvalue weighted by atomic mass is 16.6. The first-order chi connectivity index (χ1) is 10.8. The smallest absolute Gasteiger partial charge is 0.407 e. The van der Waals surface area contributed by atoms with Crippen molar-refractivity contribution in [3.05, 3.63) is 18.1 Å². The van der Waals surface area contributed by atoms with Crippen LogP contribution in [-0.4, -0.2) is 40.8 Å². The zero-order valence-electron chi connectivity index (χ0n) is 14.8. The van der Waals surface area contributed by atoms with Crippen LogP contribution in [0.25, 0.3) is 0 Å². The molecule has 1 aromatic heterocycles. The van der Waals surface area contributed by atoms with Crippen molar-refractivity contribution >= 4 is 11.9 Å². The van der Waals surface area contributed by atoms with Gasteiger partial charge in [-0.1, -0.05) is 13.8 Å². The Balaban J connectivity index is 1.94. The number of ether oxygens (including phenoxy) is 1. The second kappa shape index (κ2) is 7.15. The first-order valence-electron chi connectivity index (χ1n) is 8.35. The molecule has 6 heteroatoms. The summed E-state index contributed by atoms with van der Waals surface area (Å²) in [7, 11) is 0. The third kappa shape index (κ3) is 5.08. The van der Waals surface area contributed by atoms with Crippen molar-refractivity contribution < 1.29 is 9.53 Å². The highest BCUT2D eigenvalue weighted by Gasteiger charge is 2.27. The maximum Gasteiger partial charge on any atom is 0.407 e. The van der Waals surface area contributed by atoms with Crippen LogP contribution < -0.4 is 10.2 Å². The van der Waals surface area contributed by atoms with Crippen LogP contribution in [0.3, 0.4) is 0 Å². The predicted molar refractivity (Wildman–Crippen MR) is 90.7 cm³/mol. The van der Waals surface area contributed by atoms with Gasteiger partial charge in [-0.15, -0.1) is 0 Å². The number of rotatable bonds is 4. The van der Waals surface area contributed by atoms with E-state index in [0.29, 0.717) is 5.92 Å². The van der Waals surface area contributed by atoms with E-state index in [4.69, 9.17) is 4.74 Å². The Hall–Kier alpha value is -1.85. The molecule has 0 bridgehead atoms. The highest BCUT2D eigenvalue weighted by molar-refractivity contribution is 5.68. The van der Waals surface area contributed by atoms with E-state index < -0.39 is 5.60 Å². The fraction of sp³-hybridized carbons (Fsp3) is 0.706. The number of carbonyl (C=O) groups excluding carboxylic acids is 1. The van der Waals surface area contributed by atoms with Gasteiger partial charge in [-0.2, -0.15) is 0 Å². The van der Waals surface area contributed by atoms with E-state index in [9.17, 15) is 4.79 Å². The summed E-state index contributed by atoms with van der Waals surface area (Å²) in [5.74, 6) is 1.36. The molecule has 1 aliphatic rings. The Bertz CT molecular complexity index is 542. The molecule has 128 valence electrons. The van der Waals surface area contributed by atoms with Crippen LogP contribution in [0, 0.1) is 0 Å². The molecule has 1 saturated heterocycles. The SMILES string of the molecule is CCC(C)c1cc(N2CCC(NC(=O)OC(C)(C)C)C2)ncn1. The fourth-order valence-corrected chi connectivity index (χ4v) is 2.57. The average Bonchev–Trinajstić information content (AvgIpc) is 2.93. The molecule has 1 fully saturated rings. The maximum atomic E-state index is 11.9. The zero-order chi connectivity index (χ0) is 17.0. The number of nitrogens with one attached hydrogen (secondary N) is 1. The number of anilines is 1. The van der Waals surface area contributed by atoms with E-state index in [2.05, 4.69) is 40.1 Å². The number of carbonyl (C=O) groups is 1. The molecule has 2 atom stereocenters. The normalized spacial score (nSPS) is 19.5. The third-order valence-electron chi connectivity index (χ3n) is 4.02. The van der Waals surface area contributed by atoms with Gasteiger partial charge in [-0.3, -0.25) is 0 Å². The van der Waals surface area contributed by atoms with Crippen molar-refractivity contribution in [3.8, 4) is 0 Å². The van der Waals surface area contributed by atoms with Crippen LogP contribution in [0.2, 0.25) is 0 Å². The Morgan fingerprint density at radius 3 is 2.87 bits per heavy atom. The number of nitrogens with zero attached hydrogens (tertiary/aromatic N) is 3. The largest absolute Gasteiger partial charge is 0.444 e. The van der Waals surface area contributed by atoms with Gasteiger partial charge in [0.25, 0.3) is 0 Å². The lowest BCUT2D eigenvalue weighted by molar-refractivity contribution is 0.0509. The molecular weight excluding hydrogens is 292 g/mol. The van der Waals surface area contributed by atoms with Crippen LogP contribution in [-0.2, 0) is 4.74 Å². The van der Waals surface area contributed by atoms with Crippen molar-refractivity contribution in [1.29, 1.82) is 0 Å². The van der Waals surface area contributed by atoms with Crippen LogP contribution in [0.5, 0.6) is 0 Å². The summed E-state index contributed by atoms with van der Waals surface area (Å²) in [5.41, 5.74) is 0.598. The molecule has 0 aliphatic carbocycles. The molecule has 1 amide bonds. The summed E-state index contributed by atoms with van der Waals surface area (Å²) < 4.78 is 5.31. The lowest BCUT2D eigenvalue weighted by Crippen LogP contribution is -2.40. The molecule has 2 heterocycles. The van der Waals surface area contributed by atoms with Gasteiger partial charge < -0.3 is 15.0 Å². The van der Waals surface area contributed by atoms with Crippen LogP contribution in [0.4, 0.5) is 10.6 Å². The Morgan fingerprint density at radius 2 is 2.22 bits per heavy atom. The molecule has 2 unspecified atom stereocenters. The predicted octanol–water partition coefficient (Wildman–Crippen LogP) is 3.09. The molecule has 2 rings (SSSR count).